The maximum atomic E-state index is 5.54. The van der Waals surface area contributed by atoms with E-state index in [1.165, 1.54) is 3.57 Å². The van der Waals surface area contributed by atoms with E-state index in [4.69, 9.17) is 4.74 Å². The minimum absolute atomic E-state index is 0.584. The predicted molar refractivity (Wildman–Crippen MR) is 65.1 cm³/mol. The number of halogens is 1. The second-order valence-electron chi connectivity index (χ2n) is 3.69. The van der Waals surface area contributed by atoms with Crippen molar-refractivity contribution in [3.63, 3.8) is 0 Å². The lowest BCUT2D eigenvalue weighted by molar-refractivity contribution is 0.0940. The Morgan fingerprint density at radius 1 is 1.57 bits per heavy atom. The fourth-order valence-corrected chi connectivity index (χ4v) is 1.67. The summed E-state index contributed by atoms with van der Waals surface area (Å²) in [6, 6.07) is 0. The van der Waals surface area contributed by atoms with E-state index < -0.39 is 0 Å². The van der Waals surface area contributed by atoms with E-state index in [1.807, 2.05) is 4.68 Å². The molecule has 0 bridgehead atoms. The summed E-state index contributed by atoms with van der Waals surface area (Å²) in [5.41, 5.74) is 1.05. The molecule has 4 heteroatoms. The third kappa shape index (κ3) is 3.57. The number of nitrogens with zero attached hydrogens (tertiary/aromatic N) is 2. The molecule has 0 saturated heterocycles. The summed E-state index contributed by atoms with van der Waals surface area (Å²) in [5, 5.41) is 4.41. The first-order valence-electron chi connectivity index (χ1n) is 4.93. The number of aryl methyl sites for hydroxylation is 1. The van der Waals surface area contributed by atoms with Crippen molar-refractivity contribution in [2.75, 3.05) is 6.61 Å². The molecule has 3 nitrogen and oxygen atoms in total. The van der Waals surface area contributed by atoms with Gasteiger partial charge in [0.1, 0.15) is 5.69 Å². The lowest BCUT2D eigenvalue weighted by atomic mass is 10.2. The summed E-state index contributed by atoms with van der Waals surface area (Å²) in [7, 11) is 0. The van der Waals surface area contributed by atoms with Gasteiger partial charge in [0, 0.05) is 19.3 Å². The van der Waals surface area contributed by atoms with Crippen molar-refractivity contribution in [2.45, 2.75) is 33.9 Å². The fraction of sp³-hybridized carbons (Fsp3) is 0.700. The van der Waals surface area contributed by atoms with Crippen molar-refractivity contribution in [1.29, 1.82) is 0 Å². The van der Waals surface area contributed by atoms with Crippen molar-refractivity contribution in [3.05, 3.63) is 15.5 Å². The average Bonchev–Trinajstić information content (AvgIpc) is 2.47. The van der Waals surface area contributed by atoms with Gasteiger partial charge in [0.05, 0.1) is 10.2 Å². The molecule has 0 amide bonds. The van der Waals surface area contributed by atoms with Crippen LogP contribution in [0.2, 0.25) is 0 Å². The zero-order valence-electron chi connectivity index (χ0n) is 8.96. The molecule has 0 N–H and O–H groups in total. The molecule has 0 spiro atoms. The molecule has 1 heterocycles. The molecule has 0 aliphatic carbocycles. The van der Waals surface area contributed by atoms with E-state index >= 15 is 0 Å². The van der Waals surface area contributed by atoms with E-state index in [9.17, 15) is 0 Å². The zero-order valence-corrected chi connectivity index (χ0v) is 11.1. The van der Waals surface area contributed by atoms with E-state index in [0.717, 1.165) is 18.8 Å². The van der Waals surface area contributed by atoms with Crippen LogP contribution in [0.1, 0.15) is 26.5 Å². The Hall–Kier alpha value is -0.100. The summed E-state index contributed by atoms with van der Waals surface area (Å²) in [6.07, 6.45) is 2.05. The summed E-state index contributed by atoms with van der Waals surface area (Å²) in [6.45, 7) is 8.73. The van der Waals surface area contributed by atoms with Crippen LogP contribution in [-0.2, 0) is 17.9 Å². The number of ether oxygens (including phenoxy) is 1. The summed E-state index contributed by atoms with van der Waals surface area (Å²) in [4.78, 5) is 0. The van der Waals surface area contributed by atoms with Gasteiger partial charge in [-0.3, -0.25) is 4.68 Å². The molecule has 0 fully saturated rings. The SMILES string of the molecule is CCn1cc(I)c(COCC(C)C)n1. The Balaban J connectivity index is 2.45. The maximum Gasteiger partial charge on any atom is 0.101 e. The van der Waals surface area contributed by atoms with Crippen LogP contribution in [-0.4, -0.2) is 16.4 Å². The van der Waals surface area contributed by atoms with Gasteiger partial charge in [-0.15, -0.1) is 0 Å². The third-order valence-electron chi connectivity index (χ3n) is 1.80. The highest BCUT2D eigenvalue weighted by atomic mass is 127. The Labute approximate surface area is 99.0 Å². The van der Waals surface area contributed by atoms with Crippen LogP contribution in [0.25, 0.3) is 0 Å². The highest BCUT2D eigenvalue weighted by Gasteiger charge is 2.05. The number of hydrogen-bond acceptors (Lipinski definition) is 2. The van der Waals surface area contributed by atoms with E-state index in [2.05, 4.69) is 54.7 Å². The minimum Gasteiger partial charge on any atom is -0.375 e. The van der Waals surface area contributed by atoms with Gasteiger partial charge in [-0.25, -0.2) is 0 Å². The minimum atomic E-state index is 0.584. The zero-order chi connectivity index (χ0) is 10.6. The van der Waals surface area contributed by atoms with Gasteiger partial charge in [0.2, 0.25) is 0 Å². The van der Waals surface area contributed by atoms with Crippen molar-refractivity contribution >= 4 is 22.6 Å². The lowest BCUT2D eigenvalue weighted by Gasteiger charge is -2.04. The second kappa shape index (κ2) is 5.70. The highest BCUT2D eigenvalue weighted by Crippen LogP contribution is 2.11. The molecule has 0 radical (unpaired) electrons. The molecule has 0 aromatic carbocycles. The molecule has 14 heavy (non-hydrogen) atoms. The van der Waals surface area contributed by atoms with E-state index in [-0.39, 0.29) is 0 Å². The van der Waals surface area contributed by atoms with Crippen LogP contribution >= 0.6 is 22.6 Å². The van der Waals surface area contributed by atoms with E-state index in [1.54, 1.807) is 0 Å². The molecule has 1 rings (SSSR count). The Morgan fingerprint density at radius 3 is 2.79 bits per heavy atom. The topological polar surface area (TPSA) is 27.1 Å². The maximum absolute atomic E-state index is 5.54. The fourth-order valence-electron chi connectivity index (χ4n) is 1.09. The summed E-state index contributed by atoms with van der Waals surface area (Å²) in [5.74, 6) is 0.584. The van der Waals surface area contributed by atoms with Crippen LogP contribution in [0.3, 0.4) is 0 Å². The van der Waals surface area contributed by atoms with Crippen LogP contribution in [0, 0.1) is 9.49 Å². The standard InChI is InChI=1S/C10H17IN2O/c1-4-13-5-9(11)10(12-13)7-14-6-8(2)3/h5,8H,4,6-7H2,1-3H3. The Morgan fingerprint density at radius 2 is 2.29 bits per heavy atom. The second-order valence-corrected chi connectivity index (χ2v) is 4.85. The quantitative estimate of drug-likeness (QED) is 0.782. The molecule has 0 aliphatic rings. The largest absolute Gasteiger partial charge is 0.375 e. The normalized spacial score (nSPS) is 11.2. The van der Waals surface area contributed by atoms with Gasteiger partial charge >= 0.3 is 0 Å². The first-order chi connectivity index (χ1) is 6.63. The van der Waals surface area contributed by atoms with Crippen LogP contribution in [0.4, 0.5) is 0 Å². The molecule has 80 valence electrons. The van der Waals surface area contributed by atoms with Crippen LogP contribution < -0.4 is 0 Å². The van der Waals surface area contributed by atoms with Crippen molar-refractivity contribution in [2.24, 2.45) is 5.92 Å². The van der Waals surface area contributed by atoms with Gasteiger partial charge in [-0.1, -0.05) is 13.8 Å². The molecule has 1 aromatic heterocycles. The van der Waals surface area contributed by atoms with Gasteiger partial charge in [-0.05, 0) is 35.4 Å². The average molecular weight is 308 g/mol. The Kier molecular flexibility index (Phi) is 4.88. The molecule has 1 aromatic rings. The predicted octanol–water partition coefficient (Wildman–Crippen LogP) is 2.68. The first-order valence-corrected chi connectivity index (χ1v) is 6.01. The van der Waals surface area contributed by atoms with Crippen molar-refractivity contribution in [1.82, 2.24) is 9.78 Å². The molecule has 0 unspecified atom stereocenters. The highest BCUT2D eigenvalue weighted by molar-refractivity contribution is 14.1. The van der Waals surface area contributed by atoms with Gasteiger partial charge in [0.25, 0.3) is 0 Å². The monoisotopic (exact) mass is 308 g/mol. The number of aromatic nitrogens is 2. The van der Waals surface area contributed by atoms with E-state index in [0.29, 0.717) is 12.5 Å². The lowest BCUT2D eigenvalue weighted by Crippen LogP contribution is -2.03. The smallest absolute Gasteiger partial charge is 0.101 e. The van der Waals surface area contributed by atoms with Gasteiger partial charge < -0.3 is 4.74 Å². The Bertz CT molecular complexity index is 284. The van der Waals surface area contributed by atoms with Crippen LogP contribution in [0.15, 0.2) is 6.20 Å². The first kappa shape index (κ1) is 12.0. The molecule has 0 atom stereocenters. The van der Waals surface area contributed by atoms with Crippen LogP contribution in [0.5, 0.6) is 0 Å². The molecular weight excluding hydrogens is 291 g/mol. The summed E-state index contributed by atoms with van der Waals surface area (Å²) >= 11 is 2.30. The summed E-state index contributed by atoms with van der Waals surface area (Å²) < 4.78 is 8.67. The molecule has 0 aliphatic heterocycles. The molecular formula is C10H17IN2O. The molecule has 0 saturated carbocycles. The number of rotatable bonds is 5. The van der Waals surface area contributed by atoms with Gasteiger partial charge in [0.15, 0.2) is 0 Å². The number of hydrogen-bond donors (Lipinski definition) is 0. The van der Waals surface area contributed by atoms with Gasteiger partial charge in [-0.2, -0.15) is 5.10 Å². The van der Waals surface area contributed by atoms with Crippen molar-refractivity contribution in [3.8, 4) is 0 Å². The van der Waals surface area contributed by atoms with Crippen molar-refractivity contribution < 1.29 is 4.74 Å². The third-order valence-corrected chi connectivity index (χ3v) is 2.70.